The van der Waals surface area contributed by atoms with Gasteiger partial charge in [0.15, 0.2) is 0 Å². The molecule has 2 nitrogen and oxygen atoms in total. The summed E-state index contributed by atoms with van der Waals surface area (Å²) in [6, 6.07) is 6.87. The number of nitrogens with zero attached hydrogens (tertiary/aromatic N) is 1. The van der Waals surface area contributed by atoms with Crippen molar-refractivity contribution in [2.24, 2.45) is 17.6 Å². The van der Waals surface area contributed by atoms with Crippen molar-refractivity contribution in [3.8, 4) is 0 Å². The molecule has 0 aromatic heterocycles. The van der Waals surface area contributed by atoms with Gasteiger partial charge in [0.1, 0.15) is 5.82 Å². The van der Waals surface area contributed by atoms with E-state index in [0.717, 1.165) is 31.7 Å². The third-order valence-electron chi connectivity index (χ3n) is 3.80. The molecule has 0 saturated carbocycles. The first-order valence-corrected chi connectivity index (χ1v) is 6.36. The average molecular weight is 236 g/mol. The first-order chi connectivity index (χ1) is 8.19. The predicted octanol–water partition coefficient (Wildman–Crippen LogP) is 2.24. The molecule has 0 radical (unpaired) electrons. The second-order valence-corrected chi connectivity index (χ2v) is 5.13. The van der Waals surface area contributed by atoms with Crippen LogP contribution in [0.3, 0.4) is 0 Å². The van der Waals surface area contributed by atoms with E-state index >= 15 is 0 Å². The van der Waals surface area contributed by atoms with Gasteiger partial charge in [0, 0.05) is 13.1 Å². The van der Waals surface area contributed by atoms with Crippen LogP contribution in [0.4, 0.5) is 4.39 Å². The molecule has 2 rings (SSSR count). The van der Waals surface area contributed by atoms with E-state index in [1.807, 2.05) is 6.07 Å². The first kappa shape index (κ1) is 12.5. The highest BCUT2D eigenvalue weighted by Crippen LogP contribution is 2.23. The molecule has 1 heterocycles. The number of halogens is 1. The van der Waals surface area contributed by atoms with Crippen molar-refractivity contribution < 1.29 is 4.39 Å². The summed E-state index contributed by atoms with van der Waals surface area (Å²) in [5, 5.41) is 0. The van der Waals surface area contributed by atoms with Gasteiger partial charge < -0.3 is 5.73 Å². The highest BCUT2D eigenvalue weighted by atomic mass is 19.1. The van der Waals surface area contributed by atoms with Gasteiger partial charge in [-0.05, 0) is 49.0 Å². The molecule has 1 fully saturated rings. The molecule has 1 aromatic carbocycles. The van der Waals surface area contributed by atoms with Crippen molar-refractivity contribution in [1.29, 1.82) is 0 Å². The van der Waals surface area contributed by atoms with Gasteiger partial charge in [-0.1, -0.05) is 19.1 Å². The normalized spacial score (nSPS) is 26.1. The summed E-state index contributed by atoms with van der Waals surface area (Å²) < 4.78 is 13.1. The molecule has 2 N–H and O–H groups in total. The van der Waals surface area contributed by atoms with E-state index < -0.39 is 0 Å². The van der Waals surface area contributed by atoms with Gasteiger partial charge in [-0.3, -0.25) is 4.90 Å². The molecule has 0 amide bonds. The van der Waals surface area contributed by atoms with E-state index in [1.54, 1.807) is 12.1 Å². The maximum absolute atomic E-state index is 13.1. The number of piperidine rings is 1. The Labute approximate surface area is 103 Å². The number of benzene rings is 1. The minimum atomic E-state index is -0.150. The van der Waals surface area contributed by atoms with Crippen LogP contribution in [0.15, 0.2) is 24.3 Å². The van der Waals surface area contributed by atoms with Crippen LogP contribution in [-0.4, -0.2) is 24.5 Å². The fourth-order valence-corrected chi connectivity index (χ4v) is 2.57. The van der Waals surface area contributed by atoms with Crippen LogP contribution >= 0.6 is 0 Å². The number of rotatable bonds is 3. The summed E-state index contributed by atoms with van der Waals surface area (Å²) >= 11 is 0. The summed E-state index contributed by atoms with van der Waals surface area (Å²) in [6.07, 6.45) is 1.19. The van der Waals surface area contributed by atoms with Crippen molar-refractivity contribution in [2.45, 2.75) is 19.9 Å². The first-order valence-electron chi connectivity index (χ1n) is 6.36. The third kappa shape index (κ3) is 3.27. The molecular formula is C14H21FN2. The lowest BCUT2D eigenvalue weighted by molar-refractivity contribution is 0.126. The Morgan fingerprint density at radius 3 is 3.00 bits per heavy atom. The van der Waals surface area contributed by atoms with Crippen molar-refractivity contribution in [2.75, 3.05) is 19.6 Å². The molecule has 0 aliphatic carbocycles. The Morgan fingerprint density at radius 1 is 1.47 bits per heavy atom. The molecule has 17 heavy (non-hydrogen) atoms. The number of hydrogen-bond donors (Lipinski definition) is 1. The van der Waals surface area contributed by atoms with Crippen molar-refractivity contribution in [1.82, 2.24) is 4.90 Å². The molecule has 1 aliphatic heterocycles. The highest BCUT2D eigenvalue weighted by molar-refractivity contribution is 5.16. The van der Waals surface area contributed by atoms with Gasteiger partial charge in [-0.2, -0.15) is 0 Å². The molecule has 0 spiro atoms. The van der Waals surface area contributed by atoms with Crippen molar-refractivity contribution >= 4 is 0 Å². The van der Waals surface area contributed by atoms with Gasteiger partial charge >= 0.3 is 0 Å². The Morgan fingerprint density at radius 2 is 2.29 bits per heavy atom. The van der Waals surface area contributed by atoms with Crippen LogP contribution in [0, 0.1) is 17.7 Å². The second-order valence-electron chi connectivity index (χ2n) is 5.13. The Hall–Kier alpha value is -0.930. The zero-order valence-electron chi connectivity index (χ0n) is 10.4. The quantitative estimate of drug-likeness (QED) is 0.872. The van der Waals surface area contributed by atoms with Crippen LogP contribution in [0.1, 0.15) is 18.9 Å². The maximum Gasteiger partial charge on any atom is 0.123 e. The molecular weight excluding hydrogens is 215 g/mol. The largest absolute Gasteiger partial charge is 0.330 e. The van der Waals surface area contributed by atoms with Gasteiger partial charge in [-0.25, -0.2) is 4.39 Å². The third-order valence-corrected chi connectivity index (χ3v) is 3.80. The lowest BCUT2D eigenvalue weighted by Gasteiger charge is -2.36. The second kappa shape index (κ2) is 5.61. The highest BCUT2D eigenvalue weighted by Gasteiger charge is 2.24. The van der Waals surface area contributed by atoms with E-state index in [-0.39, 0.29) is 5.82 Å². The van der Waals surface area contributed by atoms with Crippen LogP contribution in [-0.2, 0) is 6.54 Å². The standard InChI is InChI=1S/C14H21FN2/c1-11-5-6-17(10-13(11)8-16)9-12-3-2-4-14(15)7-12/h2-4,7,11,13H,5-6,8-10,16H2,1H3. The Kier molecular flexibility index (Phi) is 4.13. The molecule has 1 aromatic rings. The van der Waals surface area contributed by atoms with Crippen molar-refractivity contribution in [3.05, 3.63) is 35.6 Å². The summed E-state index contributed by atoms with van der Waals surface area (Å²) in [5.41, 5.74) is 6.84. The zero-order valence-corrected chi connectivity index (χ0v) is 10.4. The molecule has 2 unspecified atom stereocenters. The fraction of sp³-hybridized carbons (Fsp3) is 0.571. The summed E-state index contributed by atoms with van der Waals surface area (Å²) in [5.74, 6) is 1.14. The van der Waals surface area contributed by atoms with E-state index in [4.69, 9.17) is 5.73 Å². The number of hydrogen-bond acceptors (Lipinski definition) is 2. The Balaban J connectivity index is 1.95. The molecule has 3 heteroatoms. The molecule has 0 bridgehead atoms. The number of nitrogens with two attached hydrogens (primary N) is 1. The van der Waals surface area contributed by atoms with Gasteiger partial charge in [0.25, 0.3) is 0 Å². The average Bonchev–Trinajstić information content (AvgIpc) is 2.32. The lowest BCUT2D eigenvalue weighted by Crippen LogP contribution is -2.42. The summed E-state index contributed by atoms with van der Waals surface area (Å²) in [6.45, 7) is 5.99. The topological polar surface area (TPSA) is 29.3 Å². The molecule has 2 atom stereocenters. The van der Waals surface area contributed by atoms with Gasteiger partial charge in [0.2, 0.25) is 0 Å². The van der Waals surface area contributed by atoms with Crippen LogP contribution < -0.4 is 5.73 Å². The smallest absolute Gasteiger partial charge is 0.123 e. The van der Waals surface area contributed by atoms with Gasteiger partial charge in [-0.15, -0.1) is 0 Å². The molecule has 94 valence electrons. The molecule has 1 saturated heterocycles. The van der Waals surface area contributed by atoms with Crippen LogP contribution in [0.5, 0.6) is 0 Å². The van der Waals surface area contributed by atoms with Gasteiger partial charge in [0.05, 0.1) is 0 Å². The SMILES string of the molecule is CC1CCN(Cc2cccc(F)c2)CC1CN. The summed E-state index contributed by atoms with van der Waals surface area (Å²) in [4.78, 5) is 2.38. The van der Waals surface area contributed by atoms with E-state index in [2.05, 4.69) is 11.8 Å². The van der Waals surface area contributed by atoms with Crippen LogP contribution in [0.25, 0.3) is 0 Å². The fourth-order valence-electron chi connectivity index (χ4n) is 2.57. The summed E-state index contributed by atoms with van der Waals surface area (Å²) in [7, 11) is 0. The minimum absolute atomic E-state index is 0.150. The van der Waals surface area contributed by atoms with Crippen LogP contribution in [0.2, 0.25) is 0 Å². The maximum atomic E-state index is 13.1. The number of likely N-dealkylation sites (tertiary alicyclic amines) is 1. The monoisotopic (exact) mass is 236 g/mol. The van der Waals surface area contributed by atoms with E-state index in [9.17, 15) is 4.39 Å². The molecule has 1 aliphatic rings. The van der Waals surface area contributed by atoms with Crippen molar-refractivity contribution in [3.63, 3.8) is 0 Å². The predicted molar refractivity (Wildman–Crippen MR) is 68.0 cm³/mol. The van der Waals surface area contributed by atoms with E-state index in [0.29, 0.717) is 11.8 Å². The Bertz CT molecular complexity index is 367. The lowest BCUT2D eigenvalue weighted by atomic mass is 9.87. The zero-order chi connectivity index (χ0) is 12.3. The van der Waals surface area contributed by atoms with E-state index in [1.165, 1.54) is 12.5 Å². The minimum Gasteiger partial charge on any atom is -0.330 e.